The van der Waals surface area contributed by atoms with Gasteiger partial charge in [-0.05, 0) is 43.4 Å². The minimum absolute atomic E-state index is 0.0816. The molecule has 2 heterocycles. The number of carbonyl (C=O) groups is 2. The summed E-state index contributed by atoms with van der Waals surface area (Å²) in [5.41, 5.74) is 0.838. The maximum Gasteiger partial charge on any atom is 0.225 e. The van der Waals surface area contributed by atoms with Crippen molar-refractivity contribution in [1.82, 2.24) is 10.2 Å². The van der Waals surface area contributed by atoms with Gasteiger partial charge in [0.2, 0.25) is 11.8 Å². The number of nitrogens with zero attached hydrogens (tertiary/aromatic N) is 1. The van der Waals surface area contributed by atoms with Gasteiger partial charge in [0.1, 0.15) is 5.82 Å². The van der Waals surface area contributed by atoms with Crippen LogP contribution < -0.4 is 5.32 Å². The second kappa shape index (κ2) is 6.75. The summed E-state index contributed by atoms with van der Waals surface area (Å²) < 4.78 is 19.0. The molecule has 2 aliphatic heterocycles. The number of hydrogen-bond donors (Lipinski definition) is 1. The third-order valence-electron chi connectivity index (χ3n) is 5.38. The van der Waals surface area contributed by atoms with Gasteiger partial charge in [-0.25, -0.2) is 4.39 Å². The van der Waals surface area contributed by atoms with Crippen LogP contribution in [-0.2, 0) is 14.3 Å². The van der Waals surface area contributed by atoms with Gasteiger partial charge in [0, 0.05) is 25.6 Å². The van der Waals surface area contributed by atoms with Crippen molar-refractivity contribution < 1.29 is 18.7 Å². The molecule has 134 valence electrons. The monoisotopic (exact) mass is 346 g/mol. The van der Waals surface area contributed by atoms with E-state index in [0.717, 1.165) is 31.2 Å². The van der Waals surface area contributed by atoms with Crippen molar-refractivity contribution in [2.45, 2.75) is 50.3 Å². The minimum atomic E-state index is -0.308. The van der Waals surface area contributed by atoms with Crippen LogP contribution >= 0.6 is 0 Å². The third kappa shape index (κ3) is 3.54. The van der Waals surface area contributed by atoms with E-state index in [1.54, 1.807) is 12.1 Å². The van der Waals surface area contributed by atoms with E-state index in [9.17, 15) is 14.0 Å². The Morgan fingerprint density at radius 2 is 2.00 bits per heavy atom. The molecule has 0 aromatic heterocycles. The summed E-state index contributed by atoms with van der Waals surface area (Å²) in [6.45, 7) is 1.19. The van der Waals surface area contributed by atoms with Gasteiger partial charge < -0.3 is 15.0 Å². The smallest absolute Gasteiger partial charge is 0.225 e. The Balaban J connectivity index is 1.47. The van der Waals surface area contributed by atoms with Gasteiger partial charge in [-0.2, -0.15) is 0 Å². The molecule has 5 nitrogen and oxygen atoms in total. The predicted molar refractivity (Wildman–Crippen MR) is 89.1 cm³/mol. The van der Waals surface area contributed by atoms with E-state index in [0.29, 0.717) is 19.2 Å². The molecule has 1 N–H and O–H groups in total. The topological polar surface area (TPSA) is 58.6 Å². The fourth-order valence-electron chi connectivity index (χ4n) is 3.84. The van der Waals surface area contributed by atoms with E-state index in [4.69, 9.17) is 4.74 Å². The van der Waals surface area contributed by atoms with Gasteiger partial charge >= 0.3 is 0 Å². The standard InChI is InChI=1S/C19H23FN2O3/c20-14-5-3-12(4-6-14)18(16-2-1-9-25-16)21-19(24)13-10-17(23)22(11-13)15-7-8-15/h3-6,13,15-16,18H,1-2,7-11H2,(H,21,24)/t13-,16+,18+/m0/s1. The highest BCUT2D eigenvalue weighted by Gasteiger charge is 2.42. The first kappa shape index (κ1) is 16.5. The highest BCUT2D eigenvalue weighted by atomic mass is 19.1. The normalized spacial score (nSPS) is 27.6. The van der Waals surface area contributed by atoms with Crippen molar-refractivity contribution in [1.29, 1.82) is 0 Å². The van der Waals surface area contributed by atoms with Crippen molar-refractivity contribution in [3.63, 3.8) is 0 Å². The Morgan fingerprint density at radius 1 is 1.24 bits per heavy atom. The van der Waals surface area contributed by atoms with Crippen LogP contribution in [0.2, 0.25) is 0 Å². The Hall–Kier alpha value is -1.95. The van der Waals surface area contributed by atoms with Crippen molar-refractivity contribution in [2.24, 2.45) is 5.92 Å². The first-order chi connectivity index (χ1) is 12.1. The van der Waals surface area contributed by atoms with Crippen LogP contribution in [0, 0.1) is 11.7 Å². The van der Waals surface area contributed by atoms with Crippen LogP contribution in [0.5, 0.6) is 0 Å². The lowest BCUT2D eigenvalue weighted by atomic mass is 9.97. The molecule has 0 radical (unpaired) electrons. The molecule has 1 saturated carbocycles. The molecule has 1 aromatic rings. The first-order valence-corrected chi connectivity index (χ1v) is 9.09. The zero-order valence-electron chi connectivity index (χ0n) is 14.1. The summed E-state index contributed by atoms with van der Waals surface area (Å²) in [6.07, 6.45) is 4.09. The van der Waals surface area contributed by atoms with Gasteiger partial charge in [0.05, 0.1) is 18.1 Å². The summed E-state index contributed by atoms with van der Waals surface area (Å²) in [4.78, 5) is 26.7. The quantitative estimate of drug-likeness (QED) is 0.889. The van der Waals surface area contributed by atoms with Crippen LogP contribution in [0.25, 0.3) is 0 Å². The zero-order chi connectivity index (χ0) is 17.4. The number of halogens is 1. The van der Waals surface area contributed by atoms with Gasteiger partial charge in [0.25, 0.3) is 0 Å². The van der Waals surface area contributed by atoms with Crippen LogP contribution in [0.4, 0.5) is 4.39 Å². The van der Waals surface area contributed by atoms with Gasteiger partial charge in [-0.3, -0.25) is 9.59 Å². The maximum atomic E-state index is 13.2. The number of ether oxygens (including phenoxy) is 1. The van der Waals surface area contributed by atoms with E-state index in [1.807, 2.05) is 4.90 Å². The number of benzene rings is 1. The Bertz CT molecular complexity index is 653. The molecule has 2 saturated heterocycles. The zero-order valence-corrected chi connectivity index (χ0v) is 14.1. The van der Waals surface area contributed by atoms with Crippen molar-refractivity contribution in [3.05, 3.63) is 35.6 Å². The third-order valence-corrected chi connectivity index (χ3v) is 5.38. The average Bonchev–Trinajstić information content (AvgIpc) is 3.15. The van der Waals surface area contributed by atoms with E-state index in [-0.39, 0.29) is 42.1 Å². The summed E-state index contributed by atoms with van der Waals surface area (Å²) >= 11 is 0. The molecule has 3 atom stereocenters. The highest BCUT2D eigenvalue weighted by Crippen LogP contribution is 2.33. The van der Waals surface area contributed by atoms with Crippen LogP contribution in [0.1, 0.15) is 43.7 Å². The average molecular weight is 346 g/mol. The summed E-state index contributed by atoms with van der Waals surface area (Å²) in [5, 5.41) is 3.07. The maximum absolute atomic E-state index is 13.2. The van der Waals surface area contributed by atoms with E-state index >= 15 is 0 Å². The van der Waals surface area contributed by atoms with Gasteiger partial charge in [-0.1, -0.05) is 12.1 Å². The molecule has 3 aliphatic rings. The summed E-state index contributed by atoms with van der Waals surface area (Å²) in [6, 6.07) is 6.22. The predicted octanol–water partition coefficient (Wildman–Crippen LogP) is 2.17. The first-order valence-electron chi connectivity index (χ1n) is 9.09. The lowest BCUT2D eigenvalue weighted by Gasteiger charge is -2.26. The van der Waals surface area contributed by atoms with E-state index in [1.165, 1.54) is 12.1 Å². The molecule has 2 amide bonds. The SMILES string of the molecule is O=C(N[C@H](c1ccc(F)cc1)[C@H]1CCCO1)[C@H]1CC(=O)N(C2CC2)C1. The molecule has 1 aromatic carbocycles. The highest BCUT2D eigenvalue weighted by molar-refractivity contribution is 5.89. The molecule has 3 fully saturated rings. The molecule has 25 heavy (non-hydrogen) atoms. The molecular formula is C19H23FN2O3. The lowest BCUT2D eigenvalue weighted by Crippen LogP contribution is -2.40. The largest absolute Gasteiger partial charge is 0.376 e. The number of likely N-dealkylation sites (tertiary alicyclic amines) is 1. The fraction of sp³-hybridized carbons (Fsp3) is 0.579. The number of carbonyl (C=O) groups excluding carboxylic acids is 2. The van der Waals surface area contributed by atoms with Crippen LogP contribution in [0.15, 0.2) is 24.3 Å². The van der Waals surface area contributed by atoms with Gasteiger partial charge in [-0.15, -0.1) is 0 Å². The van der Waals surface area contributed by atoms with Crippen molar-refractivity contribution >= 4 is 11.8 Å². The van der Waals surface area contributed by atoms with Crippen LogP contribution in [-0.4, -0.2) is 42.0 Å². The van der Waals surface area contributed by atoms with E-state index < -0.39 is 0 Å². The second-order valence-corrected chi connectivity index (χ2v) is 7.27. The second-order valence-electron chi connectivity index (χ2n) is 7.27. The molecule has 0 spiro atoms. The van der Waals surface area contributed by atoms with Gasteiger partial charge in [0.15, 0.2) is 0 Å². The fourth-order valence-corrected chi connectivity index (χ4v) is 3.84. The molecule has 4 rings (SSSR count). The number of hydrogen-bond acceptors (Lipinski definition) is 3. The number of amides is 2. The van der Waals surface area contributed by atoms with E-state index in [2.05, 4.69) is 5.32 Å². The molecule has 0 bridgehead atoms. The Morgan fingerprint density at radius 3 is 2.64 bits per heavy atom. The van der Waals surface area contributed by atoms with Crippen molar-refractivity contribution in [3.8, 4) is 0 Å². The van der Waals surface area contributed by atoms with Crippen molar-refractivity contribution in [2.75, 3.05) is 13.2 Å². The van der Waals surface area contributed by atoms with Crippen LogP contribution in [0.3, 0.4) is 0 Å². The molecular weight excluding hydrogens is 323 g/mol. The lowest BCUT2D eigenvalue weighted by molar-refractivity contribution is -0.129. The summed E-state index contributed by atoms with van der Waals surface area (Å²) in [7, 11) is 0. The Kier molecular flexibility index (Phi) is 4.46. The molecule has 1 aliphatic carbocycles. The summed E-state index contributed by atoms with van der Waals surface area (Å²) in [5.74, 6) is -0.639. The molecule has 0 unspecified atom stereocenters. The number of nitrogens with one attached hydrogen (secondary N) is 1. The molecule has 6 heteroatoms. The minimum Gasteiger partial charge on any atom is -0.376 e. The Labute approximate surface area is 146 Å². The number of rotatable bonds is 5.